The molecule has 0 aromatic heterocycles. The second-order valence-electron chi connectivity index (χ2n) is 7.14. The molecule has 1 aromatic carbocycles. The lowest BCUT2D eigenvalue weighted by molar-refractivity contribution is -0.136. The van der Waals surface area contributed by atoms with Gasteiger partial charge in [-0.15, -0.1) is 0 Å². The summed E-state index contributed by atoms with van der Waals surface area (Å²) in [6, 6.07) is 5.97. The first-order valence-corrected chi connectivity index (χ1v) is 9.31. The molecule has 2 aliphatic rings. The maximum Gasteiger partial charge on any atom is 0.387 e. The molecule has 2 atom stereocenters. The fourth-order valence-electron chi connectivity index (χ4n) is 3.86. The highest BCUT2D eigenvalue weighted by molar-refractivity contribution is 5.97. The van der Waals surface area contributed by atoms with E-state index in [1.165, 1.54) is 18.2 Å². The van der Waals surface area contributed by atoms with Crippen LogP contribution in [0.15, 0.2) is 24.3 Å². The van der Waals surface area contributed by atoms with Crippen LogP contribution in [0.2, 0.25) is 0 Å². The minimum Gasteiger partial charge on any atom is -0.434 e. The molecule has 2 saturated heterocycles. The molecule has 0 aliphatic carbocycles. The smallest absolute Gasteiger partial charge is 0.387 e. The zero-order valence-electron chi connectivity index (χ0n) is 15.2. The fraction of sp³-hybridized carbons (Fsp3) is 0.579. The molecular formula is C19H25F2N3O3. The number of nitrogens with zero attached hydrogens (tertiary/aromatic N) is 2. The van der Waals surface area contributed by atoms with E-state index in [0.717, 1.165) is 12.8 Å². The number of amides is 2. The van der Waals surface area contributed by atoms with E-state index in [-0.39, 0.29) is 29.0 Å². The standard InChI is InChI=1S/C19H25F2N3O3/c20-19(21)27-16-6-2-1-5-15(16)18(26)23-8-3-4-14(12-23)17(25)24-9-7-13(10-22)11-24/h1-2,5-6,13-14,19H,3-4,7-12,22H2. The van der Waals surface area contributed by atoms with Crippen LogP contribution in [0.5, 0.6) is 5.75 Å². The van der Waals surface area contributed by atoms with Crippen LogP contribution in [0.1, 0.15) is 29.6 Å². The summed E-state index contributed by atoms with van der Waals surface area (Å²) >= 11 is 0. The number of alkyl halides is 2. The Morgan fingerprint density at radius 1 is 1.15 bits per heavy atom. The molecule has 6 nitrogen and oxygen atoms in total. The van der Waals surface area contributed by atoms with Crippen LogP contribution in [-0.4, -0.2) is 60.9 Å². The molecule has 27 heavy (non-hydrogen) atoms. The molecule has 0 spiro atoms. The van der Waals surface area contributed by atoms with E-state index >= 15 is 0 Å². The molecule has 0 saturated carbocycles. The van der Waals surface area contributed by atoms with Crippen molar-refractivity contribution in [2.24, 2.45) is 17.6 Å². The largest absolute Gasteiger partial charge is 0.434 e. The van der Waals surface area contributed by atoms with Crippen molar-refractivity contribution in [1.29, 1.82) is 0 Å². The summed E-state index contributed by atoms with van der Waals surface area (Å²) in [5.74, 6) is -0.391. The zero-order valence-corrected chi connectivity index (χ0v) is 15.2. The summed E-state index contributed by atoms with van der Waals surface area (Å²) in [5, 5.41) is 0. The Kier molecular flexibility index (Phi) is 6.26. The molecule has 3 rings (SSSR count). The van der Waals surface area contributed by atoms with Crippen molar-refractivity contribution in [3.8, 4) is 5.75 Å². The van der Waals surface area contributed by atoms with Gasteiger partial charge in [-0.25, -0.2) is 0 Å². The highest BCUT2D eigenvalue weighted by atomic mass is 19.3. The highest BCUT2D eigenvalue weighted by Gasteiger charge is 2.35. The average Bonchev–Trinajstić information content (AvgIpc) is 3.16. The summed E-state index contributed by atoms with van der Waals surface area (Å²) in [4.78, 5) is 29.1. The lowest BCUT2D eigenvalue weighted by Crippen LogP contribution is -2.46. The molecule has 2 aliphatic heterocycles. The molecule has 1 aromatic rings. The first-order chi connectivity index (χ1) is 13.0. The van der Waals surface area contributed by atoms with Gasteiger partial charge in [-0.3, -0.25) is 9.59 Å². The Labute approximate surface area is 157 Å². The number of hydrogen-bond acceptors (Lipinski definition) is 4. The minimum atomic E-state index is -3.00. The third-order valence-corrected chi connectivity index (χ3v) is 5.32. The van der Waals surface area contributed by atoms with E-state index in [1.54, 1.807) is 11.0 Å². The SMILES string of the molecule is NCC1CCN(C(=O)C2CCCN(C(=O)c3ccccc3OC(F)F)C2)C1. The third kappa shape index (κ3) is 4.55. The van der Waals surface area contributed by atoms with E-state index in [0.29, 0.717) is 45.1 Å². The lowest BCUT2D eigenvalue weighted by Gasteiger charge is -2.34. The maximum atomic E-state index is 12.8. The zero-order chi connectivity index (χ0) is 19.4. The number of likely N-dealkylation sites (tertiary alicyclic amines) is 2. The monoisotopic (exact) mass is 381 g/mol. The van der Waals surface area contributed by atoms with Gasteiger partial charge in [0.15, 0.2) is 0 Å². The fourth-order valence-corrected chi connectivity index (χ4v) is 3.86. The van der Waals surface area contributed by atoms with Gasteiger partial charge in [-0.05, 0) is 43.9 Å². The Morgan fingerprint density at radius 2 is 1.93 bits per heavy atom. The van der Waals surface area contributed by atoms with Crippen molar-refractivity contribution in [2.75, 3.05) is 32.7 Å². The van der Waals surface area contributed by atoms with Gasteiger partial charge >= 0.3 is 6.61 Å². The van der Waals surface area contributed by atoms with Crippen molar-refractivity contribution in [2.45, 2.75) is 25.9 Å². The number of halogens is 2. The van der Waals surface area contributed by atoms with Crippen molar-refractivity contribution < 1.29 is 23.1 Å². The predicted octanol–water partition coefficient (Wildman–Crippen LogP) is 1.95. The van der Waals surface area contributed by atoms with Gasteiger partial charge in [-0.1, -0.05) is 12.1 Å². The summed E-state index contributed by atoms with van der Waals surface area (Å²) in [6.07, 6.45) is 2.34. The molecule has 148 valence electrons. The molecule has 2 amide bonds. The summed E-state index contributed by atoms with van der Waals surface area (Å²) in [7, 11) is 0. The normalized spacial score (nSPS) is 23.0. The van der Waals surface area contributed by atoms with Crippen LogP contribution in [0, 0.1) is 11.8 Å². The summed E-state index contributed by atoms with van der Waals surface area (Å²) in [5.41, 5.74) is 5.79. The Morgan fingerprint density at radius 3 is 2.63 bits per heavy atom. The number of ether oxygens (including phenoxy) is 1. The summed E-state index contributed by atoms with van der Waals surface area (Å²) < 4.78 is 29.7. The number of carbonyl (C=O) groups is 2. The first kappa shape index (κ1) is 19.5. The Balaban J connectivity index is 1.68. The topological polar surface area (TPSA) is 75.9 Å². The second kappa shape index (κ2) is 8.65. The third-order valence-electron chi connectivity index (χ3n) is 5.32. The van der Waals surface area contributed by atoms with E-state index in [9.17, 15) is 18.4 Å². The van der Waals surface area contributed by atoms with Crippen molar-refractivity contribution in [1.82, 2.24) is 9.80 Å². The second-order valence-corrected chi connectivity index (χ2v) is 7.14. The van der Waals surface area contributed by atoms with Crippen LogP contribution in [-0.2, 0) is 4.79 Å². The minimum absolute atomic E-state index is 0.0561. The highest BCUT2D eigenvalue weighted by Crippen LogP contribution is 2.27. The van der Waals surface area contributed by atoms with Gasteiger partial charge < -0.3 is 20.3 Å². The van der Waals surface area contributed by atoms with E-state index in [2.05, 4.69) is 4.74 Å². The molecule has 0 radical (unpaired) electrons. The van der Waals surface area contributed by atoms with Crippen molar-refractivity contribution >= 4 is 11.8 Å². The van der Waals surface area contributed by atoms with Crippen LogP contribution < -0.4 is 10.5 Å². The number of nitrogens with two attached hydrogens (primary N) is 1. The molecular weight excluding hydrogens is 356 g/mol. The number of piperidine rings is 1. The van der Waals surface area contributed by atoms with Crippen LogP contribution in [0.3, 0.4) is 0 Å². The number of carbonyl (C=O) groups excluding carboxylic acids is 2. The molecule has 2 unspecified atom stereocenters. The quantitative estimate of drug-likeness (QED) is 0.846. The van der Waals surface area contributed by atoms with Gasteiger partial charge in [0.1, 0.15) is 5.75 Å². The van der Waals surface area contributed by atoms with Crippen molar-refractivity contribution in [3.05, 3.63) is 29.8 Å². The predicted molar refractivity (Wildman–Crippen MR) is 95.4 cm³/mol. The number of benzene rings is 1. The van der Waals surface area contributed by atoms with Gasteiger partial charge in [0, 0.05) is 26.2 Å². The van der Waals surface area contributed by atoms with Gasteiger partial charge in [0.25, 0.3) is 5.91 Å². The summed E-state index contributed by atoms with van der Waals surface area (Å²) in [6.45, 7) is -0.261. The van der Waals surface area contributed by atoms with E-state index in [1.807, 2.05) is 4.90 Å². The van der Waals surface area contributed by atoms with Crippen LogP contribution in [0.4, 0.5) is 8.78 Å². The van der Waals surface area contributed by atoms with E-state index < -0.39 is 6.61 Å². The Bertz CT molecular complexity index is 686. The number of para-hydroxylation sites is 1. The van der Waals surface area contributed by atoms with E-state index in [4.69, 9.17) is 5.73 Å². The van der Waals surface area contributed by atoms with Crippen LogP contribution in [0.25, 0.3) is 0 Å². The molecule has 8 heteroatoms. The van der Waals surface area contributed by atoms with Crippen molar-refractivity contribution in [3.63, 3.8) is 0 Å². The van der Waals surface area contributed by atoms with Crippen LogP contribution >= 0.6 is 0 Å². The molecule has 0 bridgehead atoms. The molecule has 2 heterocycles. The first-order valence-electron chi connectivity index (χ1n) is 9.31. The van der Waals surface area contributed by atoms with Gasteiger partial charge in [0.05, 0.1) is 11.5 Å². The number of rotatable bonds is 5. The van der Waals surface area contributed by atoms with Gasteiger partial charge in [0.2, 0.25) is 5.91 Å². The maximum absolute atomic E-state index is 12.8. The van der Waals surface area contributed by atoms with Gasteiger partial charge in [-0.2, -0.15) is 8.78 Å². The number of hydrogen-bond donors (Lipinski definition) is 1. The average molecular weight is 381 g/mol. The lowest BCUT2D eigenvalue weighted by atomic mass is 9.95. The Hall–Kier alpha value is -2.22. The molecule has 2 N–H and O–H groups in total. The molecule has 2 fully saturated rings.